The number of benzene rings is 1. The number of halogens is 1. The third kappa shape index (κ3) is 2.96. The van der Waals surface area contributed by atoms with Crippen LogP contribution in [-0.2, 0) is 0 Å². The van der Waals surface area contributed by atoms with Crippen LogP contribution < -0.4 is 5.73 Å². The molecule has 2 rings (SSSR count). The summed E-state index contributed by atoms with van der Waals surface area (Å²) in [6.45, 7) is 4.88. The third-order valence-corrected chi connectivity index (χ3v) is 3.59. The van der Waals surface area contributed by atoms with E-state index in [2.05, 4.69) is 0 Å². The Balaban J connectivity index is 2.23. The van der Waals surface area contributed by atoms with Gasteiger partial charge in [-0.15, -0.1) is 0 Å². The van der Waals surface area contributed by atoms with Gasteiger partial charge in [-0.1, -0.05) is 11.6 Å². The molecule has 0 atom stereocenters. The van der Waals surface area contributed by atoms with Gasteiger partial charge in [-0.2, -0.15) is 0 Å². The molecule has 3 nitrogen and oxygen atoms in total. The molecule has 4 heteroatoms. The van der Waals surface area contributed by atoms with Crippen molar-refractivity contribution >= 4 is 23.2 Å². The van der Waals surface area contributed by atoms with Gasteiger partial charge in [0.1, 0.15) is 0 Å². The van der Waals surface area contributed by atoms with Gasteiger partial charge in [0, 0.05) is 18.3 Å². The standard InChI is InChI=1S/C14H19ClN2O/c1-9(2)17(8-10-3-4-10)14(18)12-7-11(16)5-6-13(12)15/h5-7,9-10H,3-4,8,16H2,1-2H3. The normalized spacial score (nSPS) is 14.9. The number of hydrogen-bond acceptors (Lipinski definition) is 2. The Labute approximate surface area is 113 Å². The summed E-state index contributed by atoms with van der Waals surface area (Å²) in [5.41, 5.74) is 6.80. The van der Waals surface area contributed by atoms with Crippen molar-refractivity contribution in [3.8, 4) is 0 Å². The molecule has 1 saturated carbocycles. The van der Waals surface area contributed by atoms with E-state index in [4.69, 9.17) is 17.3 Å². The molecule has 98 valence electrons. The Morgan fingerprint density at radius 1 is 1.50 bits per heavy atom. The zero-order valence-electron chi connectivity index (χ0n) is 10.8. The molecule has 2 N–H and O–H groups in total. The van der Waals surface area contributed by atoms with Crippen molar-refractivity contribution in [2.45, 2.75) is 32.7 Å². The molecule has 1 aliphatic carbocycles. The Morgan fingerprint density at radius 3 is 2.72 bits per heavy atom. The van der Waals surface area contributed by atoms with Crippen LogP contribution in [-0.4, -0.2) is 23.4 Å². The maximum absolute atomic E-state index is 12.5. The van der Waals surface area contributed by atoms with Gasteiger partial charge in [-0.05, 0) is 50.8 Å². The molecule has 0 aromatic heterocycles. The van der Waals surface area contributed by atoms with E-state index in [0.717, 1.165) is 6.54 Å². The van der Waals surface area contributed by atoms with Crippen LogP contribution in [0.15, 0.2) is 18.2 Å². The fourth-order valence-electron chi connectivity index (χ4n) is 1.97. The number of nitrogen functional groups attached to an aromatic ring is 1. The number of nitrogens with zero attached hydrogens (tertiary/aromatic N) is 1. The Hall–Kier alpha value is -1.22. The molecule has 18 heavy (non-hydrogen) atoms. The first-order valence-corrected chi connectivity index (χ1v) is 6.73. The molecule has 0 bridgehead atoms. The molecule has 1 aliphatic rings. The monoisotopic (exact) mass is 266 g/mol. The number of rotatable bonds is 4. The molecular weight excluding hydrogens is 248 g/mol. The fourth-order valence-corrected chi connectivity index (χ4v) is 2.17. The number of hydrogen-bond donors (Lipinski definition) is 1. The van der Waals surface area contributed by atoms with E-state index in [9.17, 15) is 4.79 Å². The van der Waals surface area contributed by atoms with Crippen molar-refractivity contribution < 1.29 is 4.79 Å². The van der Waals surface area contributed by atoms with Crippen LogP contribution in [0, 0.1) is 5.92 Å². The van der Waals surface area contributed by atoms with Crippen LogP contribution in [0.2, 0.25) is 5.02 Å². The maximum Gasteiger partial charge on any atom is 0.255 e. The molecule has 1 fully saturated rings. The molecule has 0 unspecified atom stereocenters. The van der Waals surface area contributed by atoms with Gasteiger partial charge < -0.3 is 10.6 Å². The summed E-state index contributed by atoms with van der Waals surface area (Å²) in [4.78, 5) is 14.4. The van der Waals surface area contributed by atoms with Crippen molar-refractivity contribution in [2.75, 3.05) is 12.3 Å². The van der Waals surface area contributed by atoms with E-state index in [1.54, 1.807) is 18.2 Å². The van der Waals surface area contributed by atoms with Crippen molar-refractivity contribution in [1.82, 2.24) is 4.90 Å². The van der Waals surface area contributed by atoms with Gasteiger partial charge in [0.2, 0.25) is 0 Å². The fraction of sp³-hybridized carbons (Fsp3) is 0.500. The van der Waals surface area contributed by atoms with Gasteiger partial charge in [0.25, 0.3) is 5.91 Å². The Kier molecular flexibility index (Phi) is 3.81. The molecule has 0 heterocycles. The second-order valence-corrected chi connectivity index (χ2v) is 5.64. The zero-order chi connectivity index (χ0) is 13.3. The predicted molar refractivity (Wildman–Crippen MR) is 74.8 cm³/mol. The highest BCUT2D eigenvalue weighted by Gasteiger charge is 2.29. The van der Waals surface area contributed by atoms with Crippen molar-refractivity contribution in [1.29, 1.82) is 0 Å². The molecule has 0 radical (unpaired) electrons. The highest BCUT2D eigenvalue weighted by molar-refractivity contribution is 6.34. The van der Waals surface area contributed by atoms with Crippen LogP contribution in [0.25, 0.3) is 0 Å². The third-order valence-electron chi connectivity index (χ3n) is 3.26. The van der Waals surface area contributed by atoms with Gasteiger partial charge in [0.05, 0.1) is 10.6 Å². The summed E-state index contributed by atoms with van der Waals surface area (Å²) >= 11 is 6.09. The smallest absolute Gasteiger partial charge is 0.255 e. The van der Waals surface area contributed by atoms with E-state index in [0.29, 0.717) is 22.2 Å². The highest BCUT2D eigenvalue weighted by Crippen LogP contribution is 2.31. The van der Waals surface area contributed by atoms with Gasteiger partial charge in [-0.3, -0.25) is 4.79 Å². The lowest BCUT2D eigenvalue weighted by Gasteiger charge is -2.27. The van der Waals surface area contributed by atoms with Crippen LogP contribution in [0.5, 0.6) is 0 Å². The summed E-state index contributed by atoms with van der Waals surface area (Å²) in [7, 11) is 0. The average molecular weight is 267 g/mol. The number of carbonyl (C=O) groups is 1. The van der Waals surface area contributed by atoms with Crippen molar-refractivity contribution in [2.24, 2.45) is 5.92 Å². The minimum atomic E-state index is -0.0193. The Bertz CT molecular complexity index is 455. The minimum absolute atomic E-state index is 0.0193. The van der Waals surface area contributed by atoms with E-state index in [-0.39, 0.29) is 11.9 Å². The molecule has 0 saturated heterocycles. The molecule has 0 spiro atoms. The van der Waals surface area contributed by atoms with E-state index >= 15 is 0 Å². The van der Waals surface area contributed by atoms with Crippen LogP contribution in [0.4, 0.5) is 5.69 Å². The van der Waals surface area contributed by atoms with Gasteiger partial charge >= 0.3 is 0 Å². The topological polar surface area (TPSA) is 46.3 Å². The highest BCUT2D eigenvalue weighted by atomic mass is 35.5. The number of carbonyl (C=O) groups excluding carboxylic acids is 1. The van der Waals surface area contributed by atoms with Gasteiger partial charge in [0.15, 0.2) is 0 Å². The van der Waals surface area contributed by atoms with Crippen LogP contribution >= 0.6 is 11.6 Å². The summed E-state index contributed by atoms with van der Waals surface area (Å²) < 4.78 is 0. The zero-order valence-corrected chi connectivity index (χ0v) is 11.6. The Morgan fingerprint density at radius 2 is 2.17 bits per heavy atom. The predicted octanol–water partition coefficient (Wildman–Crippen LogP) is 3.18. The molecule has 1 amide bonds. The molecule has 1 aromatic carbocycles. The van der Waals surface area contributed by atoms with E-state index in [1.165, 1.54) is 12.8 Å². The second kappa shape index (κ2) is 5.19. The molecule has 0 aliphatic heterocycles. The lowest BCUT2D eigenvalue weighted by atomic mass is 10.1. The largest absolute Gasteiger partial charge is 0.399 e. The quantitative estimate of drug-likeness (QED) is 0.851. The second-order valence-electron chi connectivity index (χ2n) is 5.23. The average Bonchev–Trinajstić information content (AvgIpc) is 3.12. The summed E-state index contributed by atoms with van der Waals surface area (Å²) in [6, 6.07) is 5.22. The molecule has 1 aromatic rings. The maximum atomic E-state index is 12.5. The number of anilines is 1. The summed E-state index contributed by atoms with van der Waals surface area (Å²) in [6.07, 6.45) is 2.45. The molecular formula is C14H19ClN2O. The minimum Gasteiger partial charge on any atom is -0.399 e. The lowest BCUT2D eigenvalue weighted by Crippen LogP contribution is -2.38. The van der Waals surface area contributed by atoms with Crippen LogP contribution in [0.1, 0.15) is 37.0 Å². The van der Waals surface area contributed by atoms with E-state index < -0.39 is 0 Å². The summed E-state index contributed by atoms with van der Waals surface area (Å²) in [5.74, 6) is 0.644. The SMILES string of the molecule is CC(C)N(CC1CC1)C(=O)c1cc(N)ccc1Cl. The first-order valence-electron chi connectivity index (χ1n) is 6.35. The summed E-state index contributed by atoms with van der Waals surface area (Å²) in [5, 5.41) is 0.468. The first-order chi connectivity index (χ1) is 8.49. The lowest BCUT2D eigenvalue weighted by molar-refractivity contribution is 0.0696. The number of nitrogens with two attached hydrogens (primary N) is 1. The first kappa shape index (κ1) is 13.2. The van der Waals surface area contributed by atoms with Gasteiger partial charge in [-0.25, -0.2) is 0 Å². The van der Waals surface area contributed by atoms with E-state index in [1.807, 2.05) is 18.7 Å². The number of amides is 1. The van der Waals surface area contributed by atoms with Crippen molar-refractivity contribution in [3.63, 3.8) is 0 Å². The van der Waals surface area contributed by atoms with Crippen LogP contribution in [0.3, 0.4) is 0 Å². The van der Waals surface area contributed by atoms with Crippen molar-refractivity contribution in [3.05, 3.63) is 28.8 Å².